The second-order valence-electron chi connectivity index (χ2n) is 8.06. The molecule has 0 unspecified atom stereocenters. The van der Waals surface area contributed by atoms with Gasteiger partial charge in [-0.3, -0.25) is 9.36 Å². The number of rotatable bonds is 8. The molecule has 0 saturated heterocycles. The molecule has 3 amide bonds. The summed E-state index contributed by atoms with van der Waals surface area (Å²) < 4.78 is 12.7. The Morgan fingerprint density at radius 3 is 2.26 bits per heavy atom. The van der Waals surface area contributed by atoms with Crippen LogP contribution < -0.4 is 25.4 Å². The Bertz CT molecular complexity index is 1500. The quantitative estimate of drug-likeness (QED) is 0.258. The van der Waals surface area contributed by atoms with E-state index in [2.05, 4.69) is 26.1 Å². The van der Waals surface area contributed by atoms with Crippen LogP contribution in [0.5, 0.6) is 11.5 Å². The van der Waals surface area contributed by atoms with Crippen LogP contribution in [0.4, 0.5) is 14.4 Å². The standard InChI is InChI=1S/C27H28N6O5S/c1-4-28-25(34)37-18-14-15-20(22(16-18)38-26(35)29-5-2)23-31-32-24(39-27(36)30-6-3)33(23)21-13-9-11-17-10-7-8-12-19(17)21/h7-16H,4-6H2,1-3H3,(H,28,34)(H,29,35)(H,30,36). The summed E-state index contributed by atoms with van der Waals surface area (Å²) in [6, 6.07) is 18.2. The fraction of sp³-hybridized carbons (Fsp3) is 0.222. The van der Waals surface area contributed by atoms with Crippen molar-refractivity contribution in [3.05, 3.63) is 60.7 Å². The summed E-state index contributed by atoms with van der Waals surface area (Å²) in [4.78, 5) is 37.0. The molecule has 3 N–H and O–H groups in total. The molecule has 1 heterocycles. The number of hydrogen-bond acceptors (Lipinski definition) is 8. The highest BCUT2D eigenvalue weighted by molar-refractivity contribution is 8.13. The first-order valence-electron chi connectivity index (χ1n) is 12.4. The smallest absolute Gasteiger partial charge is 0.410 e. The van der Waals surface area contributed by atoms with Crippen molar-refractivity contribution in [2.24, 2.45) is 0 Å². The minimum Gasteiger partial charge on any atom is -0.410 e. The maximum atomic E-state index is 12.5. The maximum Gasteiger partial charge on any atom is 0.412 e. The van der Waals surface area contributed by atoms with Gasteiger partial charge < -0.3 is 25.4 Å². The summed E-state index contributed by atoms with van der Waals surface area (Å²) in [6.45, 7) is 6.55. The predicted octanol–water partition coefficient (Wildman–Crippen LogP) is 5.13. The zero-order valence-corrected chi connectivity index (χ0v) is 22.5. The average molecular weight is 549 g/mol. The highest BCUT2D eigenvalue weighted by Gasteiger charge is 2.24. The van der Waals surface area contributed by atoms with E-state index >= 15 is 0 Å². The Morgan fingerprint density at radius 2 is 1.51 bits per heavy atom. The maximum absolute atomic E-state index is 12.5. The van der Waals surface area contributed by atoms with Gasteiger partial charge in [0.15, 0.2) is 5.82 Å². The first kappa shape index (κ1) is 27.5. The summed E-state index contributed by atoms with van der Waals surface area (Å²) in [6.07, 6.45) is -1.34. The first-order chi connectivity index (χ1) is 18.9. The molecule has 0 fully saturated rings. The predicted molar refractivity (Wildman–Crippen MR) is 149 cm³/mol. The summed E-state index contributed by atoms with van der Waals surface area (Å²) in [5.74, 6) is 0.574. The molecule has 0 bridgehead atoms. The number of nitrogens with one attached hydrogen (secondary N) is 3. The lowest BCUT2D eigenvalue weighted by molar-refractivity contribution is 0.199. The van der Waals surface area contributed by atoms with Gasteiger partial charge in [0.1, 0.15) is 11.5 Å². The van der Waals surface area contributed by atoms with Gasteiger partial charge in [-0.15, -0.1) is 10.2 Å². The summed E-state index contributed by atoms with van der Waals surface area (Å²) in [5, 5.41) is 18.5. The number of fused-ring (bicyclic) bond motifs is 1. The number of aromatic nitrogens is 3. The summed E-state index contributed by atoms with van der Waals surface area (Å²) >= 11 is 0.900. The molecule has 0 aliphatic rings. The van der Waals surface area contributed by atoms with E-state index in [-0.39, 0.29) is 16.7 Å². The van der Waals surface area contributed by atoms with Gasteiger partial charge in [-0.05, 0) is 44.4 Å². The lowest BCUT2D eigenvalue weighted by atomic mass is 10.1. The van der Waals surface area contributed by atoms with Crippen molar-refractivity contribution in [1.82, 2.24) is 30.7 Å². The van der Waals surface area contributed by atoms with Crippen LogP contribution >= 0.6 is 11.8 Å². The van der Waals surface area contributed by atoms with Gasteiger partial charge in [-0.1, -0.05) is 36.4 Å². The van der Waals surface area contributed by atoms with Crippen LogP contribution in [0.1, 0.15) is 20.8 Å². The van der Waals surface area contributed by atoms with Crippen LogP contribution in [-0.2, 0) is 0 Å². The zero-order valence-electron chi connectivity index (χ0n) is 21.7. The molecule has 39 heavy (non-hydrogen) atoms. The van der Waals surface area contributed by atoms with Crippen LogP contribution in [0, 0.1) is 0 Å². The second kappa shape index (κ2) is 12.8. The lowest BCUT2D eigenvalue weighted by Crippen LogP contribution is -2.27. The second-order valence-corrected chi connectivity index (χ2v) is 9.00. The van der Waals surface area contributed by atoms with Crippen LogP contribution in [0.2, 0.25) is 0 Å². The Hall–Kier alpha value is -4.58. The Kier molecular flexibility index (Phi) is 9.00. The molecular formula is C27H28N6O5S. The number of thioether (sulfide) groups is 1. The van der Waals surface area contributed by atoms with E-state index in [0.29, 0.717) is 36.2 Å². The van der Waals surface area contributed by atoms with E-state index in [4.69, 9.17) is 9.47 Å². The molecule has 202 valence electrons. The van der Waals surface area contributed by atoms with Crippen molar-refractivity contribution in [2.45, 2.75) is 25.9 Å². The molecule has 0 spiro atoms. The van der Waals surface area contributed by atoms with Crippen molar-refractivity contribution < 1.29 is 23.9 Å². The number of hydrogen-bond donors (Lipinski definition) is 3. The molecule has 0 aliphatic heterocycles. The zero-order chi connectivity index (χ0) is 27.8. The van der Waals surface area contributed by atoms with Gasteiger partial charge in [0, 0.05) is 42.8 Å². The number of benzene rings is 3. The molecule has 0 saturated carbocycles. The molecule has 0 radical (unpaired) electrons. The number of nitrogens with zero attached hydrogens (tertiary/aromatic N) is 3. The summed E-state index contributed by atoms with van der Waals surface area (Å²) in [7, 11) is 0. The van der Waals surface area contributed by atoms with Crippen molar-refractivity contribution in [3.8, 4) is 28.6 Å². The van der Waals surface area contributed by atoms with Gasteiger partial charge in [-0.2, -0.15) is 0 Å². The van der Waals surface area contributed by atoms with Crippen LogP contribution in [0.25, 0.3) is 27.8 Å². The van der Waals surface area contributed by atoms with Gasteiger partial charge in [0.05, 0.1) is 11.3 Å². The van der Waals surface area contributed by atoms with E-state index < -0.39 is 12.2 Å². The van der Waals surface area contributed by atoms with Crippen molar-refractivity contribution in [3.63, 3.8) is 0 Å². The van der Waals surface area contributed by atoms with Gasteiger partial charge in [0.2, 0.25) is 5.16 Å². The molecule has 12 heteroatoms. The summed E-state index contributed by atoms with van der Waals surface area (Å²) in [5.41, 5.74) is 1.12. The lowest BCUT2D eigenvalue weighted by Gasteiger charge is -2.16. The van der Waals surface area contributed by atoms with Crippen LogP contribution in [-0.4, -0.2) is 51.8 Å². The van der Waals surface area contributed by atoms with E-state index in [1.54, 1.807) is 30.5 Å². The highest BCUT2D eigenvalue weighted by atomic mass is 32.2. The van der Waals surface area contributed by atoms with Crippen molar-refractivity contribution in [2.75, 3.05) is 19.6 Å². The SMILES string of the molecule is CCNC(=O)Oc1ccc(-c2nnc(SC(=O)NCC)n2-c2cccc3ccccc23)c(OC(=O)NCC)c1. The molecule has 0 aliphatic carbocycles. The monoisotopic (exact) mass is 548 g/mol. The molecule has 1 aromatic heterocycles. The van der Waals surface area contributed by atoms with Gasteiger partial charge >= 0.3 is 12.2 Å². The van der Waals surface area contributed by atoms with E-state index in [1.165, 1.54) is 6.07 Å². The van der Waals surface area contributed by atoms with E-state index in [9.17, 15) is 14.4 Å². The van der Waals surface area contributed by atoms with Crippen LogP contribution in [0.15, 0.2) is 65.8 Å². The number of carbonyl (C=O) groups excluding carboxylic acids is 3. The fourth-order valence-electron chi connectivity index (χ4n) is 3.80. The van der Waals surface area contributed by atoms with Gasteiger partial charge in [-0.25, -0.2) is 9.59 Å². The third kappa shape index (κ3) is 6.47. The first-order valence-corrected chi connectivity index (χ1v) is 13.2. The normalized spacial score (nSPS) is 10.6. The Balaban J connectivity index is 1.90. The van der Waals surface area contributed by atoms with Crippen molar-refractivity contribution >= 4 is 40.0 Å². The molecule has 4 aromatic rings. The third-order valence-electron chi connectivity index (χ3n) is 5.40. The minimum absolute atomic E-state index is 0.0891. The fourth-order valence-corrected chi connectivity index (χ4v) is 4.54. The molecule has 0 atom stereocenters. The van der Waals surface area contributed by atoms with Crippen molar-refractivity contribution in [1.29, 1.82) is 0 Å². The topological polar surface area (TPSA) is 136 Å². The van der Waals surface area contributed by atoms with Gasteiger partial charge in [0.25, 0.3) is 5.24 Å². The molecule has 4 rings (SSSR count). The Morgan fingerprint density at radius 1 is 0.821 bits per heavy atom. The average Bonchev–Trinajstić information content (AvgIpc) is 3.31. The highest BCUT2D eigenvalue weighted by Crippen LogP contribution is 2.37. The number of carbonyl (C=O) groups is 3. The van der Waals surface area contributed by atoms with E-state index in [1.807, 2.05) is 49.4 Å². The molecule has 11 nitrogen and oxygen atoms in total. The molecule has 3 aromatic carbocycles. The third-order valence-corrected chi connectivity index (χ3v) is 6.17. The molecular weight excluding hydrogens is 520 g/mol. The number of amides is 3. The van der Waals surface area contributed by atoms with Crippen LogP contribution in [0.3, 0.4) is 0 Å². The van der Waals surface area contributed by atoms with E-state index in [0.717, 1.165) is 28.2 Å². The Labute approximate surface area is 229 Å². The number of ether oxygens (including phenoxy) is 2. The largest absolute Gasteiger partial charge is 0.412 e. The minimum atomic E-state index is -0.693.